The predicted octanol–water partition coefficient (Wildman–Crippen LogP) is 3.27. The standard InChI is InChI=1S/C21H26N2O3/c1-4-16-9-7-8-15(2)21(16)22-20(24)13-23(3)12-17-14-25-18-10-5-6-11-19(18)26-17/h5-11,17H,4,12-14H2,1-3H3,(H,22,24)/t17-/m0/s1. The molecular formula is C21H26N2O3. The molecule has 2 aromatic rings. The summed E-state index contributed by atoms with van der Waals surface area (Å²) >= 11 is 0. The molecule has 1 aliphatic heterocycles. The highest BCUT2D eigenvalue weighted by Crippen LogP contribution is 2.31. The first-order valence-electron chi connectivity index (χ1n) is 9.02. The molecule has 0 spiro atoms. The number of amides is 1. The molecule has 0 saturated carbocycles. The maximum atomic E-state index is 12.5. The molecule has 0 saturated heterocycles. The average Bonchev–Trinajstić information content (AvgIpc) is 2.63. The van der Waals surface area contributed by atoms with E-state index in [1.165, 1.54) is 0 Å². The van der Waals surface area contributed by atoms with Crippen molar-refractivity contribution in [3.63, 3.8) is 0 Å². The quantitative estimate of drug-likeness (QED) is 0.865. The van der Waals surface area contributed by atoms with E-state index < -0.39 is 0 Å². The van der Waals surface area contributed by atoms with Crippen LogP contribution in [0.15, 0.2) is 42.5 Å². The van der Waals surface area contributed by atoms with Gasteiger partial charge in [0.2, 0.25) is 5.91 Å². The minimum absolute atomic E-state index is 0.0198. The summed E-state index contributed by atoms with van der Waals surface area (Å²) in [6, 6.07) is 13.7. The summed E-state index contributed by atoms with van der Waals surface area (Å²) in [5, 5.41) is 3.06. The average molecular weight is 354 g/mol. The largest absolute Gasteiger partial charge is 0.486 e. The van der Waals surface area contributed by atoms with Crippen LogP contribution >= 0.6 is 0 Å². The lowest BCUT2D eigenvalue weighted by atomic mass is 10.1. The summed E-state index contributed by atoms with van der Waals surface area (Å²) < 4.78 is 11.7. The number of likely N-dealkylation sites (N-methyl/N-ethyl adjacent to an activating group) is 1. The molecule has 1 N–H and O–H groups in total. The zero-order valence-corrected chi connectivity index (χ0v) is 15.6. The lowest BCUT2D eigenvalue weighted by Gasteiger charge is -2.29. The van der Waals surface area contributed by atoms with Crippen LogP contribution in [0.4, 0.5) is 5.69 Å². The lowest BCUT2D eigenvalue weighted by molar-refractivity contribution is -0.117. The van der Waals surface area contributed by atoms with Gasteiger partial charge in [0.25, 0.3) is 0 Å². The molecule has 0 bridgehead atoms. The van der Waals surface area contributed by atoms with Crippen LogP contribution in [0.5, 0.6) is 11.5 Å². The van der Waals surface area contributed by atoms with Crippen molar-refractivity contribution < 1.29 is 14.3 Å². The van der Waals surface area contributed by atoms with Crippen LogP contribution in [-0.4, -0.2) is 43.7 Å². The van der Waals surface area contributed by atoms with Crippen molar-refractivity contribution in [2.75, 3.05) is 32.1 Å². The Morgan fingerprint density at radius 3 is 2.73 bits per heavy atom. The first-order valence-corrected chi connectivity index (χ1v) is 9.02. The number of nitrogens with one attached hydrogen (secondary N) is 1. The van der Waals surface area contributed by atoms with Crippen LogP contribution in [0.1, 0.15) is 18.1 Å². The van der Waals surface area contributed by atoms with Crippen LogP contribution in [0.25, 0.3) is 0 Å². The number of nitrogens with zero attached hydrogens (tertiary/aromatic N) is 1. The first-order chi connectivity index (χ1) is 12.6. The second-order valence-corrected chi connectivity index (χ2v) is 6.71. The lowest BCUT2D eigenvalue weighted by Crippen LogP contribution is -2.42. The van der Waals surface area contributed by atoms with Crippen molar-refractivity contribution in [3.05, 3.63) is 53.6 Å². The number of carbonyl (C=O) groups excluding carboxylic acids is 1. The van der Waals surface area contributed by atoms with Crippen molar-refractivity contribution in [2.24, 2.45) is 0 Å². The Balaban J connectivity index is 1.54. The fraction of sp³-hybridized carbons (Fsp3) is 0.381. The summed E-state index contributed by atoms with van der Waals surface area (Å²) in [5.74, 6) is 1.51. The molecule has 1 amide bonds. The maximum Gasteiger partial charge on any atom is 0.238 e. The minimum Gasteiger partial charge on any atom is -0.486 e. The molecule has 0 aliphatic carbocycles. The van der Waals surface area contributed by atoms with E-state index in [4.69, 9.17) is 9.47 Å². The number of hydrogen-bond acceptors (Lipinski definition) is 4. The van der Waals surface area contributed by atoms with Gasteiger partial charge in [0.15, 0.2) is 11.5 Å². The molecule has 2 aromatic carbocycles. The van der Waals surface area contributed by atoms with Gasteiger partial charge in [-0.3, -0.25) is 9.69 Å². The van der Waals surface area contributed by atoms with Gasteiger partial charge in [-0.25, -0.2) is 0 Å². The molecule has 1 atom stereocenters. The predicted molar refractivity (Wildman–Crippen MR) is 103 cm³/mol. The summed E-state index contributed by atoms with van der Waals surface area (Å²) in [6.07, 6.45) is 0.798. The van der Waals surface area contributed by atoms with Crippen LogP contribution in [0.3, 0.4) is 0 Å². The van der Waals surface area contributed by atoms with Crippen LogP contribution in [-0.2, 0) is 11.2 Å². The molecule has 5 nitrogen and oxygen atoms in total. The molecular weight excluding hydrogens is 328 g/mol. The minimum atomic E-state index is -0.0904. The van der Waals surface area contributed by atoms with Crippen LogP contribution < -0.4 is 14.8 Å². The van der Waals surface area contributed by atoms with E-state index in [0.29, 0.717) is 19.7 Å². The Bertz CT molecular complexity index is 776. The number of rotatable bonds is 6. The monoisotopic (exact) mass is 354 g/mol. The molecule has 138 valence electrons. The van der Waals surface area contributed by atoms with Crippen LogP contribution in [0.2, 0.25) is 0 Å². The molecule has 0 aromatic heterocycles. The molecule has 5 heteroatoms. The number of ether oxygens (including phenoxy) is 2. The number of anilines is 1. The van der Waals surface area contributed by atoms with Crippen molar-refractivity contribution in [1.29, 1.82) is 0 Å². The highest BCUT2D eigenvalue weighted by atomic mass is 16.6. The number of carbonyl (C=O) groups is 1. The van der Waals surface area contributed by atoms with Gasteiger partial charge < -0.3 is 14.8 Å². The smallest absolute Gasteiger partial charge is 0.238 e. The highest BCUT2D eigenvalue weighted by Gasteiger charge is 2.22. The van der Waals surface area contributed by atoms with Gasteiger partial charge in [0.05, 0.1) is 6.54 Å². The van der Waals surface area contributed by atoms with Gasteiger partial charge in [0.1, 0.15) is 12.7 Å². The van der Waals surface area contributed by atoms with Gasteiger partial charge in [-0.15, -0.1) is 0 Å². The normalized spacial score (nSPS) is 15.8. The number of fused-ring (bicyclic) bond motifs is 1. The fourth-order valence-electron chi connectivity index (χ4n) is 3.19. The van der Waals surface area contributed by atoms with E-state index in [-0.39, 0.29) is 12.0 Å². The Labute approximate surface area is 154 Å². The summed E-state index contributed by atoms with van der Waals surface area (Å²) in [5.41, 5.74) is 3.17. The zero-order valence-electron chi connectivity index (χ0n) is 15.6. The van der Waals surface area contributed by atoms with E-state index in [1.807, 2.05) is 55.3 Å². The highest BCUT2D eigenvalue weighted by molar-refractivity contribution is 5.93. The van der Waals surface area contributed by atoms with Crippen molar-refractivity contribution in [2.45, 2.75) is 26.4 Å². The Morgan fingerprint density at radius 2 is 1.96 bits per heavy atom. The molecule has 0 fully saturated rings. The van der Waals surface area contributed by atoms with Crippen molar-refractivity contribution >= 4 is 11.6 Å². The van der Waals surface area contributed by atoms with E-state index in [2.05, 4.69) is 18.3 Å². The van der Waals surface area contributed by atoms with E-state index >= 15 is 0 Å². The molecule has 0 unspecified atom stereocenters. The summed E-state index contributed by atoms with van der Waals surface area (Å²) in [7, 11) is 1.92. The Hall–Kier alpha value is -2.53. The fourth-order valence-corrected chi connectivity index (χ4v) is 3.19. The molecule has 1 heterocycles. The van der Waals surface area contributed by atoms with Gasteiger partial charge >= 0.3 is 0 Å². The number of benzene rings is 2. The van der Waals surface area contributed by atoms with Gasteiger partial charge in [-0.05, 0) is 43.7 Å². The van der Waals surface area contributed by atoms with Crippen LogP contribution in [0, 0.1) is 6.92 Å². The van der Waals surface area contributed by atoms with E-state index in [0.717, 1.165) is 34.7 Å². The third-order valence-electron chi connectivity index (χ3n) is 4.50. The second-order valence-electron chi connectivity index (χ2n) is 6.71. The molecule has 0 radical (unpaired) electrons. The number of hydrogen-bond donors (Lipinski definition) is 1. The third-order valence-corrected chi connectivity index (χ3v) is 4.50. The topological polar surface area (TPSA) is 50.8 Å². The van der Waals surface area contributed by atoms with E-state index in [1.54, 1.807) is 0 Å². The SMILES string of the molecule is CCc1cccc(C)c1NC(=O)CN(C)C[C@H]1COc2ccccc2O1. The molecule has 1 aliphatic rings. The molecule has 3 rings (SSSR count). The van der Waals surface area contributed by atoms with Gasteiger partial charge in [-0.2, -0.15) is 0 Å². The molecule has 26 heavy (non-hydrogen) atoms. The maximum absolute atomic E-state index is 12.5. The Kier molecular flexibility index (Phi) is 5.78. The number of aryl methyl sites for hydroxylation is 2. The van der Waals surface area contributed by atoms with Crippen molar-refractivity contribution in [3.8, 4) is 11.5 Å². The third kappa shape index (κ3) is 4.35. The van der Waals surface area contributed by atoms with E-state index in [9.17, 15) is 4.79 Å². The number of para-hydroxylation sites is 3. The van der Waals surface area contributed by atoms with Gasteiger partial charge in [-0.1, -0.05) is 37.3 Å². The van der Waals surface area contributed by atoms with Gasteiger partial charge in [0, 0.05) is 12.2 Å². The zero-order chi connectivity index (χ0) is 18.5. The summed E-state index contributed by atoms with van der Waals surface area (Å²) in [6.45, 7) is 5.52. The second kappa shape index (κ2) is 8.23. The Morgan fingerprint density at radius 1 is 1.19 bits per heavy atom. The summed E-state index contributed by atoms with van der Waals surface area (Å²) in [4.78, 5) is 14.4. The first kappa shape index (κ1) is 18.3. The van der Waals surface area contributed by atoms with Crippen molar-refractivity contribution in [1.82, 2.24) is 4.90 Å².